The van der Waals surface area contributed by atoms with E-state index in [4.69, 9.17) is 29.0 Å². The lowest BCUT2D eigenvalue weighted by Gasteiger charge is -2.20. The van der Waals surface area contributed by atoms with Gasteiger partial charge in [-0.25, -0.2) is 5.43 Å². The third kappa shape index (κ3) is 3.02. The molecule has 0 saturated heterocycles. The van der Waals surface area contributed by atoms with Gasteiger partial charge in [0, 0.05) is 4.47 Å². The van der Waals surface area contributed by atoms with E-state index in [1.807, 2.05) is 26.0 Å². The maximum atomic E-state index is 6.29. The molecule has 2 rings (SSSR count). The monoisotopic (exact) mass is 372 g/mol. The van der Waals surface area contributed by atoms with Crippen molar-refractivity contribution in [3.63, 3.8) is 0 Å². The fourth-order valence-corrected chi connectivity index (χ4v) is 2.90. The van der Waals surface area contributed by atoms with Crippen molar-refractivity contribution in [2.75, 3.05) is 0 Å². The molecule has 106 valence electrons. The molecule has 2 nitrogen and oxygen atoms in total. The van der Waals surface area contributed by atoms with E-state index >= 15 is 0 Å². The summed E-state index contributed by atoms with van der Waals surface area (Å²) in [4.78, 5) is 0. The zero-order valence-electron chi connectivity index (χ0n) is 11.2. The average molecular weight is 374 g/mol. The van der Waals surface area contributed by atoms with Crippen LogP contribution in [0.2, 0.25) is 10.0 Å². The van der Waals surface area contributed by atoms with E-state index in [1.54, 1.807) is 6.07 Å². The van der Waals surface area contributed by atoms with E-state index in [2.05, 4.69) is 33.5 Å². The van der Waals surface area contributed by atoms with E-state index in [9.17, 15) is 0 Å². The molecule has 1 atom stereocenters. The van der Waals surface area contributed by atoms with E-state index in [0.717, 1.165) is 26.7 Å². The highest BCUT2D eigenvalue weighted by molar-refractivity contribution is 9.10. The van der Waals surface area contributed by atoms with Crippen LogP contribution in [0.1, 0.15) is 28.3 Å². The molecule has 0 saturated carbocycles. The molecule has 0 bridgehead atoms. The Kier molecular flexibility index (Phi) is 5.10. The molecule has 0 aliphatic rings. The minimum Gasteiger partial charge on any atom is -0.271 e. The zero-order valence-corrected chi connectivity index (χ0v) is 14.3. The Bertz CT molecular complexity index is 621. The Morgan fingerprint density at radius 1 is 1.15 bits per heavy atom. The van der Waals surface area contributed by atoms with Crippen LogP contribution in [-0.2, 0) is 0 Å². The van der Waals surface area contributed by atoms with Crippen molar-refractivity contribution < 1.29 is 0 Å². The second-order valence-corrected chi connectivity index (χ2v) is 6.29. The van der Waals surface area contributed by atoms with Gasteiger partial charge in [0.1, 0.15) is 0 Å². The van der Waals surface area contributed by atoms with Gasteiger partial charge in [-0.2, -0.15) is 0 Å². The van der Waals surface area contributed by atoms with Crippen LogP contribution in [-0.4, -0.2) is 0 Å². The Morgan fingerprint density at radius 2 is 1.75 bits per heavy atom. The quantitative estimate of drug-likeness (QED) is 0.591. The molecular formula is C15H15BrCl2N2. The normalized spacial score (nSPS) is 12.5. The Labute approximate surface area is 137 Å². The Morgan fingerprint density at radius 3 is 2.30 bits per heavy atom. The third-order valence-corrected chi connectivity index (χ3v) is 5.34. The van der Waals surface area contributed by atoms with Crippen molar-refractivity contribution in [1.29, 1.82) is 0 Å². The maximum Gasteiger partial charge on any atom is 0.0725 e. The lowest BCUT2D eigenvalue weighted by molar-refractivity contribution is 0.636. The third-order valence-electron chi connectivity index (χ3n) is 3.25. The van der Waals surface area contributed by atoms with Crippen molar-refractivity contribution in [1.82, 2.24) is 5.43 Å². The van der Waals surface area contributed by atoms with Crippen molar-refractivity contribution in [3.8, 4) is 0 Å². The summed E-state index contributed by atoms with van der Waals surface area (Å²) in [5, 5.41) is 1.05. The van der Waals surface area contributed by atoms with Crippen molar-refractivity contribution >= 4 is 39.1 Å². The second kappa shape index (κ2) is 6.46. The highest BCUT2D eigenvalue weighted by Crippen LogP contribution is 2.34. The highest BCUT2D eigenvalue weighted by atomic mass is 79.9. The number of nitrogens with two attached hydrogens (primary N) is 1. The summed E-state index contributed by atoms with van der Waals surface area (Å²) >= 11 is 15.9. The number of benzene rings is 2. The molecule has 0 amide bonds. The minimum atomic E-state index is -0.202. The number of rotatable bonds is 3. The molecule has 0 heterocycles. The van der Waals surface area contributed by atoms with Gasteiger partial charge < -0.3 is 0 Å². The smallest absolute Gasteiger partial charge is 0.0725 e. The molecule has 0 aliphatic heterocycles. The van der Waals surface area contributed by atoms with Gasteiger partial charge >= 0.3 is 0 Å². The van der Waals surface area contributed by atoms with Gasteiger partial charge in [0.2, 0.25) is 0 Å². The molecule has 0 radical (unpaired) electrons. The van der Waals surface area contributed by atoms with Crippen LogP contribution in [0, 0.1) is 13.8 Å². The van der Waals surface area contributed by atoms with Gasteiger partial charge in [-0.05, 0) is 42.2 Å². The number of hydrogen-bond acceptors (Lipinski definition) is 2. The summed E-state index contributed by atoms with van der Waals surface area (Å²) in [7, 11) is 0. The molecule has 20 heavy (non-hydrogen) atoms. The van der Waals surface area contributed by atoms with Gasteiger partial charge in [-0.15, -0.1) is 0 Å². The van der Waals surface area contributed by atoms with Crippen LogP contribution in [0.15, 0.2) is 34.8 Å². The van der Waals surface area contributed by atoms with E-state index < -0.39 is 0 Å². The summed E-state index contributed by atoms with van der Waals surface area (Å²) < 4.78 is 1.11. The summed E-state index contributed by atoms with van der Waals surface area (Å²) in [6.45, 7) is 4.10. The lowest BCUT2D eigenvalue weighted by Crippen LogP contribution is -2.29. The maximum absolute atomic E-state index is 6.29. The number of aryl methyl sites for hydroxylation is 2. The fourth-order valence-electron chi connectivity index (χ4n) is 2.26. The van der Waals surface area contributed by atoms with Crippen LogP contribution in [0.4, 0.5) is 0 Å². The lowest BCUT2D eigenvalue weighted by atomic mass is 9.96. The Hall–Kier alpha value is -0.580. The summed E-state index contributed by atoms with van der Waals surface area (Å²) in [6, 6.07) is 9.51. The summed E-state index contributed by atoms with van der Waals surface area (Å²) in [6.07, 6.45) is 0. The minimum absolute atomic E-state index is 0.202. The van der Waals surface area contributed by atoms with Crippen LogP contribution in [0.3, 0.4) is 0 Å². The SMILES string of the molecule is Cc1cc(C(NN)c2cccc(Cl)c2Cl)cc(C)c1Br. The van der Waals surface area contributed by atoms with Gasteiger partial charge in [0.25, 0.3) is 0 Å². The van der Waals surface area contributed by atoms with Gasteiger partial charge in [0.15, 0.2) is 0 Å². The van der Waals surface area contributed by atoms with Crippen LogP contribution < -0.4 is 11.3 Å². The molecule has 5 heteroatoms. The Balaban J connectivity index is 2.55. The number of halogens is 3. The molecule has 0 fully saturated rings. The standard InChI is InChI=1S/C15H15BrCl2N2/c1-8-6-10(7-9(2)13(8)16)15(20-19)11-4-3-5-12(17)14(11)18/h3-7,15,20H,19H2,1-2H3. The van der Waals surface area contributed by atoms with Crippen LogP contribution in [0.25, 0.3) is 0 Å². The second-order valence-electron chi connectivity index (χ2n) is 4.71. The van der Waals surface area contributed by atoms with Crippen LogP contribution in [0.5, 0.6) is 0 Å². The summed E-state index contributed by atoms with van der Waals surface area (Å²) in [5.74, 6) is 5.73. The zero-order chi connectivity index (χ0) is 14.9. The van der Waals surface area contributed by atoms with Gasteiger partial charge in [0.05, 0.1) is 16.1 Å². The molecule has 0 aliphatic carbocycles. The first-order valence-corrected chi connectivity index (χ1v) is 7.67. The first kappa shape index (κ1) is 15.8. The first-order valence-electron chi connectivity index (χ1n) is 6.12. The number of hydrazine groups is 1. The van der Waals surface area contributed by atoms with E-state index in [0.29, 0.717) is 10.0 Å². The molecule has 2 aromatic carbocycles. The summed E-state index contributed by atoms with van der Waals surface area (Å²) in [5.41, 5.74) is 7.04. The predicted octanol–water partition coefficient (Wildman–Crippen LogP) is 4.93. The molecule has 2 aromatic rings. The first-order chi connectivity index (χ1) is 9.45. The molecule has 0 spiro atoms. The number of nitrogens with one attached hydrogen (secondary N) is 1. The molecule has 3 N–H and O–H groups in total. The fraction of sp³-hybridized carbons (Fsp3) is 0.200. The molecular weight excluding hydrogens is 359 g/mol. The molecule has 0 aromatic heterocycles. The van der Waals surface area contributed by atoms with Crippen LogP contribution >= 0.6 is 39.1 Å². The predicted molar refractivity (Wildman–Crippen MR) is 89.2 cm³/mol. The molecule has 1 unspecified atom stereocenters. The average Bonchev–Trinajstić information content (AvgIpc) is 2.41. The highest BCUT2D eigenvalue weighted by Gasteiger charge is 2.18. The van der Waals surface area contributed by atoms with Crippen molar-refractivity contribution in [2.24, 2.45) is 5.84 Å². The topological polar surface area (TPSA) is 38.0 Å². The largest absolute Gasteiger partial charge is 0.271 e. The van der Waals surface area contributed by atoms with E-state index in [-0.39, 0.29) is 6.04 Å². The van der Waals surface area contributed by atoms with Gasteiger partial charge in [-0.1, -0.05) is 63.4 Å². The van der Waals surface area contributed by atoms with Crippen molar-refractivity contribution in [2.45, 2.75) is 19.9 Å². The number of hydrogen-bond donors (Lipinski definition) is 2. The van der Waals surface area contributed by atoms with Crippen molar-refractivity contribution in [3.05, 3.63) is 67.1 Å². The van der Waals surface area contributed by atoms with E-state index in [1.165, 1.54) is 0 Å². The van der Waals surface area contributed by atoms with Gasteiger partial charge in [-0.3, -0.25) is 5.84 Å².